The molecule has 0 radical (unpaired) electrons. The normalized spacial score (nSPS) is 17.9. The molecule has 128 valence electrons. The Hall–Kier alpha value is -2.66. The third kappa shape index (κ3) is 3.63. The molecule has 1 amide bonds. The van der Waals surface area contributed by atoms with Gasteiger partial charge in [0, 0.05) is 13.7 Å². The van der Waals surface area contributed by atoms with Gasteiger partial charge in [0.15, 0.2) is 0 Å². The molecule has 0 bridgehead atoms. The summed E-state index contributed by atoms with van der Waals surface area (Å²) >= 11 is 0. The number of carbonyl (C=O) groups is 1. The number of rotatable bonds is 6. The van der Waals surface area contributed by atoms with Gasteiger partial charge in [0.1, 0.15) is 17.6 Å². The second-order valence-corrected chi connectivity index (χ2v) is 5.17. The number of carbonyl (C=O) groups excluding carboxylic acids is 1. The number of amides is 1. The lowest BCUT2D eigenvalue weighted by Crippen LogP contribution is -2.39. The van der Waals surface area contributed by atoms with Crippen molar-refractivity contribution in [2.45, 2.75) is 12.6 Å². The molecule has 24 heavy (non-hydrogen) atoms. The predicted octanol–water partition coefficient (Wildman–Crippen LogP) is -1.21. The standard InChI is InChI=1S/C13H18N8O3/c1-23-4-3-21-18-13(17-19-21)10-8-20(2-5-24-10)11-7-15-6-9(16-11)12(14)22/h6-7,10H,2-5,8H2,1H3,(H2,14,22). The predicted molar refractivity (Wildman–Crippen MR) is 81.1 cm³/mol. The van der Waals surface area contributed by atoms with E-state index in [0.717, 1.165) is 0 Å². The van der Waals surface area contributed by atoms with Gasteiger partial charge in [0.2, 0.25) is 5.82 Å². The van der Waals surface area contributed by atoms with Gasteiger partial charge in [-0.25, -0.2) is 4.98 Å². The maximum atomic E-state index is 11.2. The summed E-state index contributed by atoms with van der Waals surface area (Å²) in [7, 11) is 1.61. The zero-order chi connectivity index (χ0) is 16.9. The molecular weight excluding hydrogens is 316 g/mol. The van der Waals surface area contributed by atoms with E-state index in [0.29, 0.717) is 44.5 Å². The number of hydrogen-bond donors (Lipinski definition) is 1. The molecule has 0 aromatic carbocycles. The molecule has 11 heteroatoms. The van der Waals surface area contributed by atoms with Crippen LogP contribution < -0.4 is 10.6 Å². The van der Waals surface area contributed by atoms with E-state index >= 15 is 0 Å². The van der Waals surface area contributed by atoms with Gasteiger partial charge in [-0.3, -0.25) is 9.78 Å². The monoisotopic (exact) mass is 334 g/mol. The first-order chi connectivity index (χ1) is 11.7. The van der Waals surface area contributed by atoms with Crippen LogP contribution in [0.4, 0.5) is 5.82 Å². The van der Waals surface area contributed by atoms with Crippen LogP contribution in [0.25, 0.3) is 0 Å². The smallest absolute Gasteiger partial charge is 0.268 e. The molecule has 2 N–H and O–H groups in total. The van der Waals surface area contributed by atoms with Crippen LogP contribution >= 0.6 is 0 Å². The Labute approximate surface area is 137 Å². The summed E-state index contributed by atoms with van der Waals surface area (Å²) < 4.78 is 10.7. The molecular formula is C13H18N8O3. The number of hydrogen-bond acceptors (Lipinski definition) is 9. The fraction of sp³-hybridized carbons (Fsp3) is 0.538. The van der Waals surface area contributed by atoms with Crippen molar-refractivity contribution in [3.05, 3.63) is 23.9 Å². The minimum Gasteiger partial charge on any atom is -0.383 e. The molecule has 0 saturated carbocycles. The van der Waals surface area contributed by atoms with E-state index in [9.17, 15) is 4.79 Å². The molecule has 3 heterocycles. The molecule has 1 atom stereocenters. The van der Waals surface area contributed by atoms with Crippen molar-refractivity contribution >= 4 is 11.7 Å². The van der Waals surface area contributed by atoms with E-state index in [2.05, 4.69) is 25.4 Å². The molecule has 1 saturated heterocycles. The maximum Gasteiger partial charge on any atom is 0.268 e. The van der Waals surface area contributed by atoms with Crippen LogP contribution in [0, 0.1) is 0 Å². The molecule has 1 fully saturated rings. The fourth-order valence-corrected chi connectivity index (χ4v) is 2.29. The van der Waals surface area contributed by atoms with Crippen molar-refractivity contribution in [1.82, 2.24) is 30.2 Å². The van der Waals surface area contributed by atoms with Crippen LogP contribution in [0.15, 0.2) is 12.4 Å². The second kappa shape index (κ2) is 7.27. The number of nitrogens with two attached hydrogens (primary N) is 1. The number of aromatic nitrogens is 6. The van der Waals surface area contributed by atoms with Crippen molar-refractivity contribution in [2.75, 3.05) is 38.3 Å². The third-order valence-corrected chi connectivity index (χ3v) is 3.52. The quantitative estimate of drug-likeness (QED) is 0.690. The molecule has 0 aliphatic carbocycles. The average Bonchev–Trinajstić information content (AvgIpc) is 3.09. The van der Waals surface area contributed by atoms with Crippen LogP contribution in [0.5, 0.6) is 0 Å². The fourth-order valence-electron chi connectivity index (χ4n) is 2.29. The second-order valence-electron chi connectivity index (χ2n) is 5.17. The minimum absolute atomic E-state index is 0.124. The van der Waals surface area contributed by atoms with E-state index in [1.165, 1.54) is 11.0 Å². The number of morpholine rings is 1. The SMILES string of the molecule is COCCn1nnc(C2CN(c3cncc(C(N)=O)n3)CCO2)n1. The van der Waals surface area contributed by atoms with Gasteiger partial charge in [-0.2, -0.15) is 4.80 Å². The highest BCUT2D eigenvalue weighted by Crippen LogP contribution is 2.22. The van der Waals surface area contributed by atoms with Crippen molar-refractivity contribution in [3.63, 3.8) is 0 Å². The largest absolute Gasteiger partial charge is 0.383 e. The topological polar surface area (TPSA) is 134 Å². The van der Waals surface area contributed by atoms with Gasteiger partial charge in [-0.15, -0.1) is 10.2 Å². The van der Waals surface area contributed by atoms with Crippen LogP contribution in [-0.4, -0.2) is 69.5 Å². The van der Waals surface area contributed by atoms with Crippen molar-refractivity contribution < 1.29 is 14.3 Å². The Morgan fingerprint density at radius 2 is 2.38 bits per heavy atom. The third-order valence-electron chi connectivity index (χ3n) is 3.52. The summed E-state index contributed by atoms with van der Waals surface area (Å²) in [6.45, 7) is 2.59. The van der Waals surface area contributed by atoms with Gasteiger partial charge >= 0.3 is 0 Å². The molecule has 3 rings (SSSR count). The first kappa shape index (κ1) is 16.2. The number of methoxy groups -OCH3 is 1. The Morgan fingerprint density at radius 3 is 3.17 bits per heavy atom. The van der Waals surface area contributed by atoms with Crippen molar-refractivity contribution in [2.24, 2.45) is 5.73 Å². The number of ether oxygens (including phenoxy) is 2. The molecule has 11 nitrogen and oxygen atoms in total. The van der Waals surface area contributed by atoms with E-state index < -0.39 is 5.91 Å². The summed E-state index contributed by atoms with van der Waals surface area (Å²) in [6.07, 6.45) is 2.58. The summed E-state index contributed by atoms with van der Waals surface area (Å²) in [6, 6.07) is 0. The summed E-state index contributed by atoms with van der Waals surface area (Å²) in [4.78, 5) is 22.9. The lowest BCUT2D eigenvalue weighted by molar-refractivity contribution is 0.0334. The molecule has 2 aromatic heterocycles. The highest BCUT2D eigenvalue weighted by molar-refractivity contribution is 5.90. The zero-order valence-corrected chi connectivity index (χ0v) is 13.2. The Morgan fingerprint density at radius 1 is 1.50 bits per heavy atom. The number of anilines is 1. The number of tetrazole rings is 1. The summed E-state index contributed by atoms with van der Waals surface area (Å²) in [5.41, 5.74) is 5.37. The molecule has 2 aromatic rings. The highest BCUT2D eigenvalue weighted by atomic mass is 16.5. The summed E-state index contributed by atoms with van der Waals surface area (Å²) in [5, 5.41) is 12.3. The van der Waals surface area contributed by atoms with Gasteiger partial charge in [0.05, 0.1) is 38.7 Å². The lowest BCUT2D eigenvalue weighted by Gasteiger charge is -2.32. The Kier molecular flexibility index (Phi) is 4.91. The van der Waals surface area contributed by atoms with E-state index in [1.807, 2.05) is 4.90 Å². The Bertz CT molecular complexity index is 706. The zero-order valence-electron chi connectivity index (χ0n) is 13.2. The van der Waals surface area contributed by atoms with Crippen LogP contribution in [-0.2, 0) is 16.0 Å². The number of primary amides is 1. The molecule has 1 aliphatic heterocycles. The molecule has 0 spiro atoms. The van der Waals surface area contributed by atoms with Crippen LogP contribution in [0.2, 0.25) is 0 Å². The first-order valence-corrected chi connectivity index (χ1v) is 7.42. The Balaban J connectivity index is 1.71. The van der Waals surface area contributed by atoms with Gasteiger partial charge in [-0.1, -0.05) is 0 Å². The van der Waals surface area contributed by atoms with Gasteiger partial charge in [0.25, 0.3) is 5.91 Å². The first-order valence-electron chi connectivity index (χ1n) is 7.42. The van der Waals surface area contributed by atoms with E-state index in [-0.39, 0.29) is 11.8 Å². The molecule has 1 aliphatic rings. The van der Waals surface area contributed by atoms with Crippen LogP contribution in [0.1, 0.15) is 22.4 Å². The van der Waals surface area contributed by atoms with Gasteiger partial charge in [-0.05, 0) is 5.21 Å². The summed E-state index contributed by atoms with van der Waals surface area (Å²) in [5.74, 6) is 0.443. The lowest BCUT2D eigenvalue weighted by atomic mass is 10.2. The minimum atomic E-state index is -0.614. The van der Waals surface area contributed by atoms with Crippen molar-refractivity contribution in [3.8, 4) is 0 Å². The van der Waals surface area contributed by atoms with E-state index in [1.54, 1.807) is 13.3 Å². The van der Waals surface area contributed by atoms with Crippen molar-refractivity contribution in [1.29, 1.82) is 0 Å². The van der Waals surface area contributed by atoms with E-state index in [4.69, 9.17) is 15.2 Å². The maximum absolute atomic E-state index is 11.2. The van der Waals surface area contributed by atoms with Gasteiger partial charge < -0.3 is 20.1 Å². The number of nitrogens with zero attached hydrogens (tertiary/aromatic N) is 7. The molecule has 1 unspecified atom stereocenters. The highest BCUT2D eigenvalue weighted by Gasteiger charge is 2.27. The average molecular weight is 334 g/mol. The van der Waals surface area contributed by atoms with Crippen LogP contribution in [0.3, 0.4) is 0 Å².